The maximum atomic E-state index is 12.5. The molecular formula is C24H26N2O6. The Morgan fingerprint density at radius 2 is 1.69 bits per heavy atom. The lowest BCUT2D eigenvalue weighted by molar-refractivity contribution is -0.145. The van der Waals surface area contributed by atoms with Crippen LogP contribution in [0.3, 0.4) is 0 Å². The first-order chi connectivity index (χ1) is 15.4. The highest BCUT2D eigenvalue weighted by molar-refractivity contribution is 5.95. The van der Waals surface area contributed by atoms with E-state index in [-0.39, 0.29) is 19.2 Å². The molecule has 2 amide bonds. The molecule has 8 heteroatoms. The Bertz CT molecular complexity index is 1030. The zero-order valence-electron chi connectivity index (χ0n) is 18.3. The van der Waals surface area contributed by atoms with Crippen LogP contribution in [0.25, 0.3) is 11.1 Å². The Morgan fingerprint density at radius 1 is 0.969 bits per heavy atom. The van der Waals surface area contributed by atoms with Gasteiger partial charge in [0.05, 0.1) is 24.8 Å². The summed E-state index contributed by atoms with van der Waals surface area (Å²) in [6.07, 6.45) is 0. The van der Waals surface area contributed by atoms with E-state index in [0.717, 1.165) is 16.7 Å². The van der Waals surface area contributed by atoms with Gasteiger partial charge in [-0.2, -0.15) is 0 Å². The van der Waals surface area contributed by atoms with Crippen molar-refractivity contribution in [2.45, 2.75) is 26.8 Å². The van der Waals surface area contributed by atoms with Gasteiger partial charge in [-0.3, -0.25) is 0 Å². The molecule has 1 heterocycles. The van der Waals surface area contributed by atoms with Crippen molar-refractivity contribution in [2.75, 3.05) is 19.8 Å². The summed E-state index contributed by atoms with van der Waals surface area (Å²) in [6.45, 7) is 5.53. The van der Waals surface area contributed by atoms with E-state index in [2.05, 4.69) is 10.6 Å². The highest BCUT2D eigenvalue weighted by atomic mass is 16.6. The molecule has 1 aliphatic rings. The van der Waals surface area contributed by atoms with E-state index in [1.165, 1.54) is 0 Å². The first-order valence-electron chi connectivity index (χ1n) is 10.4. The highest BCUT2D eigenvalue weighted by Gasteiger charge is 2.32. The van der Waals surface area contributed by atoms with Crippen molar-refractivity contribution < 1.29 is 28.6 Å². The van der Waals surface area contributed by atoms with E-state index in [1.807, 2.05) is 42.5 Å². The summed E-state index contributed by atoms with van der Waals surface area (Å²) in [6, 6.07) is 13.9. The van der Waals surface area contributed by atoms with Crippen molar-refractivity contribution in [2.24, 2.45) is 0 Å². The number of amides is 2. The van der Waals surface area contributed by atoms with Crippen LogP contribution in [0.1, 0.15) is 32.4 Å². The van der Waals surface area contributed by atoms with Crippen molar-refractivity contribution in [1.82, 2.24) is 10.6 Å². The molecule has 0 fully saturated rings. The van der Waals surface area contributed by atoms with Gasteiger partial charge in [0.25, 0.3) is 0 Å². The third-order valence-corrected chi connectivity index (χ3v) is 4.84. The van der Waals surface area contributed by atoms with Crippen molar-refractivity contribution in [3.8, 4) is 16.9 Å². The van der Waals surface area contributed by atoms with Crippen molar-refractivity contribution in [3.63, 3.8) is 0 Å². The van der Waals surface area contributed by atoms with Crippen LogP contribution in [0.5, 0.6) is 5.75 Å². The van der Waals surface area contributed by atoms with Crippen molar-refractivity contribution in [3.05, 3.63) is 65.4 Å². The fraction of sp³-hybridized carbons (Fsp3) is 0.292. The molecule has 8 nitrogen and oxygen atoms in total. The molecule has 0 saturated heterocycles. The van der Waals surface area contributed by atoms with Gasteiger partial charge < -0.3 is 24.8 Å². The SMILES string of the molecule is CCOC(=O)COc1cccc(-c2ccc(C3NC(=O)NC(C)=C3C(=O)OCC)cc2)c1. The second kappa shape index (κ2) is 10.5. The van der Waals surface area contributed by atoms with Gasteiger partial charge in [0, 0.05) is 5.70 Å². The summed E-state index contributed by atoms with van der Waals surface area (Å²) >= 11 is 0. The number of carbonyl (C=O) groups excluding carboxylic acids is 3. The molecule has 168 valence electrons. The smallest absolute Gasteiger partial charge is 0.344 e. The van der Waals surface area contributed by atoms with Gasteiger partial charge in [0.15, 0.2) is 6.61 Å². The molecule has 0 saturated carbocycles. The predicted molar refractivity (Wildman–Crippen MR) is 118 cm³/mol. The topological polar surface area (TPSA) is 103 Å². The molecule has 0 spiro atoms. The number of rotatable bonds is 8. The van der Waals surface area contributed by atoms with E-state index >= 15 is 0 Å². The number of ether oxygens (including phenoxy) is 3. The molecule has 1 aliphatic heterocycles. The fourth-order valence-corrected chi connectivity index (χ4v) is 3.40. The molecular weight excluding hydrogens is 412 g/mol. The summed E-state index contributed by atoms with van der Waals surface area (Å²) in [5.41, 5.74) is 3.39. The molecule has 3 rings (SSSR count). The van der Waals surface area contributed by atoms with Gasteiger partial charge in [-0.05, 0) is 49.6 Å². The number of allylic oxidation sites excluding steroid dienone is 1. The van der Waals surface area contributed by atoms with E-state index in [9.17, 15) is 14.4 Å². The normalized spacial score (nSPS) is 15.5. The van der Waals surface area contributed by atoms with Gasteiger partial charge in [-0.1, -0.05) is 36.4 Å². The standard InChI is InChI=1S/C24H26N2O6/c1-4-30-20(27)14-32-19-8-6-7-18(13-19)16-9-11-17(12-10-16)22-21(23(28)31-5-2)15(3)25-24(29)26-22/h6-13,22H,4-5,14H2,1-3H3,(H2,25,26,29). The van der Waals surface area contributed by atoms with Gasteiger partial charge in [-0.15, -0.1) is 0 Å². The lowest BCUT2D eigenvalue weighted by Crippen LogP contribution is -2.45. The highest BCUT2D eigenvalue weighted by Crippen LogP contribution is 2.30. The van der Waals surface area contributed by atoms with Crippen molar-refractivity contribution in [1.29, 1.82) is 0 Å². The number of nitrogens with one attached hydrogen (secondary N) is 2. The predicted octanol–water partition coefficient (Wildman–Crippen LogP) is 3.49. The van der Waals surface area contributed by atoms with Crippen LogP contribution in [-0.2, 0) is 19.1 Å². The van der Waals surface area contributed by atoms with E-state index in [4.69, 9.17) is 14.2 Å². The summed E-state index contributed by atoms with van der Waals surface area (Å²) in [5.74, 6) is -0.349. The van der Waals surface area contributed by atoms with E-state index < -0.39 is 18.0 Å². The first-order valence-corrected chi connectivity index (χ1v) is 10.4. The number of benzene rings is 2. The molecule has 0 bridgehead atoms. The fourth-order valence-electron chi connectivity index (χ4n) is 3.40. The van der Waals surface area contributed by atoms with Crippen LogP contribution >= 0.6 is 0 Å². The lowest BCUT2D eigenvalue weighted by atomic mass is 9.94. The summed E-state index contributed by atoms with van der Waals surface area (Å²) in [5, 5.41) is 5.41. The lowest BCUT2D eigenvalue weighted by Gasteiger charge is -2.28. The van der Waals surface area contributed by atoms with Crippen LogP contribution < -0.4 is 15.4 Å². The van der Waals surface area contributed by atoms with E-state index in [0.29, 0.717) is 23.6 Å². The molecule has 1 unspecified atom stereocenters. The van der Waals surface area contributed by atoms with Crippen LogP contribution in [0, 0.1) is 0 Å². The Balaban J connectivity index is 1.80. The zero-order valence-corrected chi connectivity index (χ0v) is 18.3. The molecule has 32 heavy (non-hydrogen) atoms. The molecule has 2 N–H and O–H groups in total. The van der Waals surface area contributed by atoms with Crippen molar-refractivity contribution >= 4 is 18.0 Å². The van der Waals surface area contributed by atoms with Crippen LogP contribution in [0.15, 0.2) is 59.8 Å². The van der Waals surface area contributed by atoms with Crippen LogP contribution in [-0.4, -0.2) is 37.8 Å². The minimum absolute atomic E-state index is 0.159. The molecule has 2 aromatic rings. The molecule has 0 radical (unpaired) electrons. The third-order valence-electron chi connectivity index (χ3n) is 4.84. The third kappa shape index (κ3) is 5.46. The Hall–Kier alpha value is -3.81. The second-order valence-electron chi connectivity index (χ2n) is 7.03. The maximum absolute atomic E-state index is 12.5. The van der Waals surface area contributed by atoms with Gasteiger partial charge >= 0.3 is 18.0 Å². The molecule has 0 aliphatic carbocycles. The Kier molecular flexibility index (Phi) is 7.49. The van der Waals surface area contributed by atoms with Gasteiger partial charge in [0.2, 0.25) is 0 Å². The average molecular weight is 438 g/mol. The number of hydrogen-bond donors (Lipinski definition) is 2. The Labute approximate surface area is 186 Å². The van der Waals surface area contributed by atoms with Gasteiger partial charge in [-0.25, -0.2) is 14.4 Å². The number of hydrogen-bond acceptors (Lipinski definition) is 6. The molecule has 0 aromatic heterocycles. The molecule has 2 aromatic carbocycles. The Morgan fingerprint density at radius 3 is 2.38 bits per heavy atom. The summed E-state index contributed by atoms with van der Waals surface area (Å²) in [7, 11) is 0. The maximum Gasteiger partial charge on any atom is 0.344 e. The number of esters is 2. The van der Waals surface area contributed by atoms with E-state index in [1.54, 1.807) is 26.8 Å². The summed E-state index contributed by atoms with van der Waals surface area (Å²) in [4.78, 5) is 36.0. The minimum Gasteiger partial charge on any atom is -0.482 e. The molecule has 1 atom stereocenters. The summed E-state index contributed by atoms with van der Waals surface area (Å²) < 4.78 is 15.5. The number of carbonyl (C=O) groups is 3. The largest absolute Gasteiger partial charge is 0.482 e. The average Bonchev–Trinajstić information content (AvgIpc) is 2.78. The van der Waals surface area contributed by atoms with Gasteiger partial charge in [0.1, 0.15) is 5.75 Å². The quantitative estimate of drug-likeness (QED) is 0.612. The second-order valence-corrected chi connectivity index (χ2v) is 7.03. The first kappa shape index (κ1) is 22.9. The minimum atomic E-state index is -0.615. The monoisotopic (exact) mass is 438 g/mol. The number of urea groups is 1. The van der Waals surface area contributed by atoms with Crippen LogP contribution in [0.2, 0.25) is 0 Å². The zero-order chi connectivity index (χ0) is 23.1. The van der Waals surface area contributed by atoms with Crippen LogP contribution in [0.4, 0.5) is 4.79 Å².